The maximum Gasteiger partial charge on any atom is 0.150 e. The average molecular weight is 221 g/mol. The molecule has 0 amide bonds. The molecule has 1 unspecified atom stereocenters. The van der Waals surface area contributed by atoms with E-state index < -0.39 is 9.84 Å². The summed E-state index contributed by atoms with van der Waals surface area (Å²) in [6.07, 6.45) is 2.32. The third kappa shape index (κ3) is 4.96. The Morgan fingerprint density at radius 1 is 1.21 bits per heavy atom. The Morgan fingerprint density at radius 3 is 2.14 bits per heavy atom. The van der Waals surface area contributed by atoms with E-state index in [0.29, 0.717) is 25.1 Å². The van der Waals surface area contributed by atoms with Crippen LogP contribution in [-0.4, -0.2) is 26.5 Å². The molecule has 0 heterocycles. The summed E-state index contributed by atoms with van der Waals surface area (Å²) in [6, 6.07) is 0. The van der Waals surface area contributed by atoms with Crippen molar-refractivity contribution in [3.8, 4) is 0 Å². The van der Waals surface area contributed by atoms with Gasteiger partial charge in [0.05, 0.1) is 5.75 Å². The number of rotatable bonds is 7. The van der Waals surface area contributed by atoms with Crippen LogP contribution in [0.25, 0.3) is 0 Å². The summed E-state index contributed by atoms with van der Waals surface area (Å²) >= 11 is 0. The quantitative estimate of drug-likeness (QED) is 0.710. The largest absolute Gasteiger partial charge is 0.330 e. The van der Waals surface area contributed by atoms with Gasteiger partial charge in [-0.25, -0.2) is 8.42 Å². The van der Waals surface area contributed by atoms with Gasteiger partial charge in [0.2, 0.25) is 0 Å². The van der Waals surface area contributed by atoms with Gasteiger partial charge in [-0.1, -0.05) is 20.8 Å². The third-order valence-electron chi connectivity index (χ3n) is 2.88. The molecule has 3 nitrogen and oxygen atoms in total. The summed E-state index contributed by atoms with van der Waals surface area (Å²) in [6.45, 7) is 6.55. The van der Waals surface area contributed by atoms with E-state index in [1.54, 1.807) is 0 Å². The van der Waals surface area contributed by atoms with Crippen molar-refractivity contribution in [1.82, 2.24) is 0 Å². The summed E-state index contributed by atoms with van der Waals surface area (Å²) in [5, 5.41) is 0. The zero-order chi connectivity index (χ0) is 11.2. The summed E-state index contributed by atoms with van der Waals surface area (Å²) in [5.41, 5.74) is 5.61. The van der Waals surface area contributed by atoms with Gasteiger partial charge in [0.25, 0.3) is 0 Å². The molecule has 4 heteroatoms. The van der Waals surface area contributed by atoms with Gasteiger partial charge in [-0.05, 0) is 31.2 Å². The van der Waals surface area contributed by atoms with Crippen LogP contribution in [0.3, 0.4) is 0 Å². The molecule has 0 aromatic carbocycles. The lowest BCUT2D eigenvalue weighted by Crippen LogP contribution is -2.29. The first-order chi connectivity index (χ1) is 6.39. The lowest BCUT2D eigenvalue weighted by Gasteiger charge is -2.25. The van der Waals surface area contributed by atoms with Crippen molar-refractivity contribution in [1.29, 1.82) is 0 Å². The first-order valence-electron chi connectivity index (χ1n) is 5.29. The fourth-order valence-electron chi connectivity index (χ4n) is 1.24. The molecule has 14 heavy (non-hydrogen) atoms. The molecule has 0 spiro atoms. The van der Waals surface area contributed by atoms with Crippen molar-refractivity contribution < 1.29 is 8.42 Å². The molecule has 0 aliphatic rings. The minimum atomic E-state index is -2.84. The first-order valence-corrected chi connectivity index (χ1v) is 7.12. The maximum atomic E-state index is 11.5. The number of nitrogens with two attached hydrogens (primary N) is 1. The zero-order valence-corrected chi connectivity index (χ0v) is 10.4. The van der Waals surface area contributed by atoms with Gasteiger partial charge in [-0.2, -0.15) is 0 Å². The van der Waals surface area contributed by atoms with Crippen LogP contribution in [0.1, 0.15) is 40.0 Å². The van der Waals surface area contributed by atoms with Gasteiger partial charge < -0.3 is 5.73 Å². The second-order valence-electron chi connectivity index (χ2n) is 4.27. The Labute approximate surface area is 88.0 Å². The molecule has 0 fully saturated rings. The second kappa shape index (κ2) is 5.71. The van der Waals surface area contributed by atoms with E-state index in [-0.39, 0.29) is 11.2 Å². The summed E-state index contributed by atoms with van der Waals surface area (Å²) in [5.74, 6) is 0.583. The fraction of sp³-hybridized carbons (Fsp3) is 1.00. The highest BCUT2D eigenvalue weighted by atomic mass is 32.2. The summed E-state index contributed by atoms with van der Waals surface area (Å²) in [7, 11) is -2.84. The van der Waals surface area contributed by atoms with E-state index in [4.69, 9.17) is 5.73 Å². The Morgan fingerprint density at radius 2 is 1.79 bits per heavy atom. The molecular weight excluding hydrogens is 198 g/mol. The van der Waals surface area contributed by atoms with Crippen LogP contribution in [0.2, 0.25) is 0 Å². The standard InChI is InChI=1S/C10H23NO2S/c1-4-7-14(12,13)8-6-10(3,5-2)9-11/h4-9,11H2,1-3H3. The van der Waals surface area contributed by atoms with Gasteiger partial charge >= 0.3 is 0 Å². The van der Waals surface area contributed by atoms with Gasteiger partial charge in [0, 0.05) is 5.75 Å². The van der Waals surface area contributed by atoms with Gasteiger partial charge in [-0.3, -0.25) is 0 Å². The van der Waals surface area contributed by atoms with E-state index in [0.717, 1.165) is 6.42 Å². The van der Waals surface area contributed by atoms with E-state index in [1.807, 2.05) is 6.92 Å². The van der Waals surface area contributed by atoms with Crippen LogP contribution >= 0.6 is 0 Å². The Hall–Kier alpha value is -0.0900. The molecule has 86 valence electrons. The minimum absolute atomic E-state index is 0.0131. The molecule has 0 aliphatic heterocycles. The predicted octanol–water partition coefficient (Wildman–Crippen LogP) is 1.58. The van der Waals surface area contributed by atoms with E-state index >= 15 is 0 Å². The zero-order valence-electron chi connectivity index (χ0n) is 9.54. The maximum absolute atomic E-state index is 11.5. The monoisotopic (exact) mass is 221 g/mol. The predicted molar refractivity (Wildman–Crippen MR) is 61.0 cm³/mol. The lowest BCUT2D eigenvalue weighted by molar-refractivity contribution is 0.311. The Balaban J connectivity index is 4.16. The molecule has 1 atom stereocenters. The van der Waals surface area contributed by atoms with Crippen LogP contribution < -0.4 is 5.73 Å². The van der Waals surface area contributed by atoms with Crippen LogP contribution in [-0.2, 0) is 9.84 Å². The van der Waals surface area contributed by atoms with Crippen LogP contribution in [0, 0.1) is 5.41 Å². The Bertz CT molecular complexity index is 243. The first kappa shape index (κ1) is 13.9. The minimum Gasteiger partial charge on any atom is -0.330 e. The van der Waals surface area contributed by atoms with Gasteiger partial charge in [0.15, 0.2) is 0 Å². The second-order valence-corrected chi connectivity index (χ2v) is 6.57. The van der Waals surface area contributed by atoms with Crippen molar-refractivity contribution in [2.45, 2.75) is 40.0 Å². The molecule has 2 N–H and O–H groups in total. The van der Waals surface area contributed by atoms with E-state index in [9.17, 15) is 8.42 Å². The van der Waals surface area contributed by atoms with E-state index in [1.165, 1.54) is 0 Å². The molecule has 0 aromatic heterocycles. The molecule has 0 radical (unpaired) electrons. The molecular formula is C10H23NO2S. The van der Waals surface area contributed by atoms with Crippen molar-refractivity contribution in [2.24, 2.45) is 11.1 Å². The number of sulfone groups is 1. The van der Waals surface area contributed by atoms with Crippen LogP contribution in [0.4, 0.5) is 0 Å². The molecule has 0 bridgehead atoms. The highest BCUT2D eigenvalue weighted by Gasteiger charge is 2.22. The fourth-order valence-corrected chi connectivity index (χ4v) is 2.87. The number of hydrogen-bond donors (Lipinski definition) is 1. The molecule has 0 saturated carbocycles. The highest BCUT2D eigenvalue weighted by molar-refractivity contribution is 7.91. The summed E-state index contributed by atoms with van der Waals surface area (Å²) in [4.78, 5) is 0. The Kier molecular flexibility index (Phi) is 5.67. The number of hydrogen-bond acceptors (Lipinski definition) is 3. The van der Waals surface area contributed by atoms with Crippen molar-refractivity contribution in [2.75, 3.05) is 18.1 Å². The molecule has 0 aliphatic carbocycles. The topological polar surface area (TPSA) is 60.2 Å². The van der Waals surface area contributed by atoms with Crippen LogP contribution in [0.5, 0.6) is 0 Å². The average Bonchev–Trinajstić information content (AvgIpc) is 2.14. The molecule has 0 rings (SSSR count). The highest BCUT2D eigenvalue weighted by Crippen LogP contribution is 2.24. The van der Waals surface area contributed by atoms with Gasteiger partial charge in [-0.15, -0.1) is 0 Å². The van der Waals surface area contributed by atoms with Crippen LogP contribution in [0.15, 0.2) is 0 Å². The van der Waals surface area contributed by atoms with Crippen molar-refractivity contribution in [3.05, 3.63) is 0 Å². The molecule has 0 aromatic rings. The van der Waals surface area contributed by atoms with Gasteiger partial charge in [0.1, 0.15) is 9.84 Å². The normalized spacial score (nSPS) is 16.6. The third-order valence-corrected chi connectivity index (χ3v) is 4.73. The molecule has 0 saturated heterocycles. The summed E-state index contributed by atoms with van der Waals surface area (Å²) < 4.78 is 22.9. The smallest absolute Gasteiger partial charge is 0.150 e. The van der Waals surface area contributed by atoms with Crippen molar-refractivity contribution >= 4 is 9.84 Å². The lowest BCUT2D eigenvalue weighted by atomic mass is 9.85. The van der Waals surface area contributed by atoms with E-state index in [2.05, 4.69) is 13.8 Å². The SMILES string of the molecule is CCCS(=O)(=O)CCC(C)(CC)CN. The van der Waals surface area contributed by atoms with Crippen molar-refractivity contribution in [3.63, 3.8) is 0 Å².